The highest BCUT2D eigenvalue weighted by molar-refractivity contribution is 7.13. The van der Waals surface area contributed by atoms with Crippen molar-refractivity contribution in [3.63, 3.8) is 0 Å². The van der Waals surface area contributed by atoms with Crippen molar-refractivity contribution in [2.24, 2.45) is 12.0 Å². The van der Waals surface area contributed by atoms with Gasteiger partial charge in [0.25, 0.3) is 17.3 Å². The van der Waals surface area contributed by atoms with E-state index >= 15 is 0 Å². The number of hydrogen-bond donors (Lipinski definition) is 0. The van der Waals surface area contributed by atoms with E-state index in [9.17, 15) is 25.0 Å². The minimum atomic E-state index is -0.841. The molecule has 0 saturated heterocycles. The van der Waals surface area contributed by atoms with Gasteiger partial charge in [0, 0.05) is 19.2 Å². The Labute approximate surface area is 214 Å². The van der Waals surface area contributed by atoms with Gasteiger partial charge in [0.1, 0.15) is 11.5 Å². The molecule has 0 aliphatic rings. The molecular formula is C25H20N4O7S. The highest BCUT2D eigenvalue weighted by atomic mass is 32.1. The van der Waals surface area contributed by atoms with E-state index in [1.54, 1.807) is 25.8 Å². The number of non-ortho nitro benzene ring substituents is 2. The highest BCUT2D eigenvalue weighted by Gasteiger charge is 2.21. The molecule has 4 rings (SSSR count). The molecule has 0 radical (unpaired) electrons. The maximum atomic E-state index is 13.0. The molecule has 0 aliphatic heterocycles. The third-order valence-corrected chi connectivity index (χ3v) is 6.70. The molecule has 0 N–H and O–H groups in total. The second kappa shape index (κ2) is 10.4. The number of carbonyl (C=O) groups is 1. The van der Waals surface area contributed by atoms with E-state index in [1.165, 1.54) is 11.3 Å². The summed E-state index contributed by atoms with van der Waals surface area (Å²) in [5.74, 6) is 0.522. The smallest absolute Gasteiger partial charge is 0.280 e. The topological polar surface area (TPSA) is 139 Å². The van der Waals surface area contributed by atoms with Crippen LogP contribution < -0.4 is 14.3 Å². The summed E-state index contributed by atoms with van der Waals surface area (Å²) in [6.45, 7) is 0. The first-order chi connectivity index (χ1) is 17.7. The van der Waals surface area contributed by atoms with Crippen LogP contribution in [-0.4, -0.2) is 34.5 Å². The molecule has 11 nitrogen and oxygen atoms in total. The summed E-state index contributed by atoms with van der Waals surface area (Å²) in [5.41, 5.74) is 1.07. The molecule has 37 heavy (non-hydrogen) atoms. The molecule has 0 bridgehead atoms. The SMILES string of the molecule is COc1ccc(-c2sc(=NC(=O)c3cc([N+](=O)[O-])cc([N+](=O)[O-])c3)n(C)c2-c2ccc(OC)cc2)cc1. The standard InChI is InChI=1S/C25H20N4O7S/c1-27-22(15-4-8-20(35-2)9-5-15)23(16-6-10-21(36-3)11-7-16)37-25(27)26-24(30)17-12-18(28(31)32)14-19(13-17)29(33)34/h4-14H,1-3H3. The largest absolute Gasteiger partial charge is 0.497 e. The lowest BCUT2D eigenvalue weighted by Gasteiger charge is -2.09. The van der Waals surface area contributed by atoms with Gasteiger partial charge in [-0.2, -0.15) is 4.99 Å². The van der Waals surface area contributed by atoms with Crippen LogP contribution in [-0.2, 0) is 7.05 Å². The molecule has 0 saturated carbocycles. The molecule has 1 amide bonds. The maximum absolute atomic E-state index is 13.0. The fraction of sp³-hybridized carbons (Fsp3) is 0.120. The number of carbonyl (C=O) groups excluding carboxylic acids is 1. The summed E-state index contributed by atoms with van der Waals surface area (Å²) in [4.78, 5) is 39.2. The molecular weight excluding hydrogens is 500 g/mol. The lowest BCUT2D eigenvalue weighted by molar-refractivity contribution is -0.394. The van der Waals surface area contributed by atoms with E-state index < -0.39 is 27.1 Å². The molecule has 0 unspecified atom stereocenters. The monoisotopic (exact) mass is 520 g/mol. The maximum Gasteiger partial charge on any atom is 0.280 e. The van der Waals surface area contributed by atoms with Gasteiger partial charge in [-0.15, -0.1) is 0 Å². The first kappa shape index (κ1) is 25.3. The Hall–Kier alpha value is -4.84. The van der Waals surface area contributed by atoms with Crippen molar-refractivity contribution in [3.8, 4) is 33.2 Å². The summed E-state index contributed by atoms with van der Waals surface area (Å²) < 4.78 is 12.2. The van der Waals surface area contributed by atoms with Crippen LogP contribution in [0.1, 0.15) is 10.4 Å². The number of ether oxygens (including phenoxy) is 2. The third-order valence-electron chi connectivity index (χ3n) is 5.51. The zero-order chi connectivity index (χ0) is 26.7. The van der Waals surface area contributed by atoms with Crippen LogP contribution in [0.4, 0.5) is 11.4 Å². The van der Waals surface area contributed by atoms with Crippen molar-refractivity contribution in [3.05, 3.63) is 97.3 Å². The third kappa shape index (κ3) is 5.23. The van der Waals surface area contributed by atoms with Crippen LogP contribution in [0.2, 0.25) is 0 Å². The van der Waals surface area contributed by atoms with E-state index in [1.807, 2.05) is 48.5 Å². The fourth-order valence-corrected chi connectivity index (χ4v) is 4.79. The van der Waals surface area contributed by atoms with Gasteiger partial charge >= 0.3 is 0 Å². The number of nitro benzene ring substituents is 2. The molecule has 0 spiro atoms. The number of methoxy groups -OCH3 is 2. The van der Waals surface area contributed by atoms with Gasteiger partial charge in [0.05, 0.1) is 46.3 Å². The highest BCUT2D eigenvalue weighted by Crippen LogP contribution is 2.36. The van der Waals surface area contributed by atoms with E-state index in [4.69, 9.17) is 9.47 Å². The zero-order valence-corrected chi connectivity index (χ0v) is 20.7. The van der Waals surface area contributed by atoms with Crippen LogP contribution in [0.5, 0.6) is 11.5 Å². The summed E-state index contributed by atoms with van der Waals surface area (Å²) in [6.07, 6.45) is 0. The second-order valence-corrected chi connectivity index (χ2v) is 8.73. The van der Waals surface area contributed by atoms with E-state index in [0.29, 0.717) is 16.3 Å². The van der Waals surface area contributed by atoms with Crippen molar-refractivity contribution in [1.29, 1.82) is 0 Å². The summed E-state index contributed by atoms with van der Waals surface area (Å²) in [7, 11) is 4.89. The van der Waals surface area contributed by atoms with Gasteiger partial charge < -0.3 is 14.0 Å². The van der Waals surface area contributed by atoms with Gasteiger partial charge in [-0.05, 0) is 59.7 Å². The minimum Gasteiger partial charge on any atom is -0.497 e. The van der Waals surface area contributed by atoms with Gasteiger partial charge in [0.2, 0.25) is 0 Å². The zero-order valence-electron chi connectivity index (χ0n) is 19.9. The van der Waals surface area contributed by atoms with Crippen LogP contribution in [0.3, 0.4) is 0 Å². The lowest BCUT2D eigenvalue weighted by atomic mass is 10.1. The van der Waals surface area contributed by atoms with Gasteiger partial charge in [-0.3, -0.25) is 25.0 Å². The van der Waals surface area contributed by atoms with Crippen LogP contribution >= 0.6 is 11.3 Å². The van der Waals surface area contributed by atoms with Gasteiger partial charge in [0.15, 0.2) is 4.80 Å². The van der Waals surface area contributed by atoms with Crippen LogP contribution in [0.25, 0.3) is 21.7 Å². The molecule has 1 aromatic heterocycles. The van der Waals surface area contributed by atoms with Crippen molar-refractivity contribution in [1.82, 2.24) is 4.57 Å². The van der Waals surface area contributed by atoms with E-state index in [-0.39, 0.29) is 5.56 Å². The number of nitro groups is 2. The molecule has 1 heterocycles. The summed E-state index contributed by atoms with van der Waals surface area (Å²) >= 11 is 1.24. The Bertz CT molecular complexity index is 1540. The molecule has 0 aliphatic carbocycles. The molecule has 3 aromatic carbocycles. The average molecular weight is 521 g/mol. The number of aromatic nitrogens is 1. The van der Waals surface area contributed by atoms with Gasteiger partial charge in [-0.1, -0.05) is 11.3 Å². The number of benzene rings is 3. The number of rotatable bonds is 7. The predicted octanol–water partition coefficient (Wildman–Crippen LogP) is 5.00. The van der Waals surface area contributed by atoms with Crippen molar-refractivity contribution in [2.45, 2.75) is 0 Å². The Morgan fingerprint density at radius 1 is 0.838 bits per heavy atom. The van der Waals surface area contributed by atoms with Crippen LogP contribution in [0, 0.1) is 20.2 Å². The average Bonchev–Trinajstić information content (AvgIpc) is 3.23. The Balaban J connectivity index is 1.89. The van der Waals surface area contributed by atoms with Gasteiger partial charge in [-0.25, -0.2) is 0 Å². The van der Waals surface area contributed by atoms with Crippen LogP contribution in [0.15, 0.2) is 71.7 Å². The van der Waals surface area contributed by atoms with Crippen molar-refractivity contribution < 1.29 is 24.1 Å². The molecule has 0 atom stereocenters. The first-order valence-electron chi connectivity index (χ1n) is 10.7. The first-order valence-corrected chi connectivity index (χ1v) is 11.5. The van der Waals surface area contributed by atoms with Crippen molar-refractivity contribution in [2.75, 3.05) is 14.2 Å². The predicted molar refractivity (Wildman–Crippen MR) is 137 cm³/mol. The Morgan fingerprint density at radius 2 is 1.32 bits per heavy atom. The summed E-state index contributed by atoms with van der Waals surface area (Å²) in [6, 6.07) is 17.5. The minimum absolute atomic E-state index is 0.258. The van der Waals surface area contributed by atoms with E-state index in [0.717, 1.165) is 39.9 Å². The Morgan fingerprint density at radius 3 is 1.78 bits per heavy atom. The number of hydrogen-bond acceptors (Lipinski definition) is 8. The molecule has 12 heteroatoms. The normalized spacial score (nSPS) is 11.3. The molecule has 188 valence electrons. The van der Waals surface area contributed by atoms with E-state index in [2.05, 4.69) is 4.99 Å². The number of thiazole rings is 1. The Kier molecular flexibility index (Phi) is 7.11. The number of nitrogens with zero attached hydrogens (tertiary/aromatic N) is 4. The fourth-order valence-electron chi connectivity index (χ4n) is 3.65. The second-order valence-electron chi connectivity index (χ2n) is 7.75. The molecule has 4 aromatic rings. The van der Waals surface area contributed by atoms with Crippen molar-refractivity contribution >= 4 is 28.6 Å². The number of amides is 1. The summed E-state index contributed by atoms with van der Waals surface area (Å²) in [5, 5.41) is 22.5. The lowest BCUT2D eigenvalue weighted by Crippen LogP contribution is -2.14. The molecule has 0 fully saturated rings. The quantitative estimate of drug-likeness (QED) is 0.247.